The first-order valence-electron chi connectivity index (χ1n) is 15.8. The Bertz CT molecular complexity index is 2790. The predicted octanol–water partition coefficient (Wildman–Crippen LogP) is 12.8. The lowest BCUT2D eigenvalue weighted by Gasteiger charge is -2.11. The minimum Gasteiger partial charge on any atom is -0.309 e. The number of thiophene rings is 1. The summed E-state index contributed by atoms with van der Waals surface area (Å²) in [5.41, 5.74) is 10.6. The van der Waals surface area contributed by atoms with Crippen LogP contribution in [0.15, 0.2) is 158 Å². The van der Waals surface area contributed by atoms with E-state index >= 15 is 0 Å². The topological polar surface area (TPSA) is 17.8 Å². The van der Waals surface area contributed by atoms with Crippen LogP contribution >= 0.6 is 22.7 Å². The van der Waals surface area contributed by atoms with Crippen molar-refractivity contribution in [2.75, 3.05) is 0 Å². The third-order valence-electron chi connectivity index (χ3n) is 9.22. The van der Waals surface area contributed by atoms with Crippen molar-refractivity contribution in [1.29, 1.82) is 0 Å². The van der Waals surface area contributed by atoms with E-state index in [-0.39, 0.29) is 0 Å². The van der Waals surface area contributed by atoms with E-state index in [2.05, 4.69) is 162 Å². The van der Waals surface area contributed by atoms with E-state index < -0.39 is 0 Å². The van der Waals surface area contributed by atoms with Crippen molar-refractivity contribution >= 4 is 74.9 Å². The van der Waals surface area contributed by atoms with E-state index in [0.717, 1.165) is 21.8 Å². The second-order valence-electron chi connectivity index (χ2n) is 12.0. The van der Waals surface area contributed by atoms with Crippen LogP contribution in [0.2, 0.25) is 0 Å². The van der Waals surface area contributed by atoms with Crippen LogP contribution in [0.25, 0.3) is 90.7 Å². The molecule has 0 aliphatic heterocycles. The van der Waals surface area contributed by atoms with E-state index in [9.17, 15) is 0 Å². The summed E-state index contributed by atoms with van der Waals surface area (Å²) in [5.74, 6) is 0. The van der Waals surface area contributed by atoms with Crippen LogP contribution in [0.3, 0.4) is 0 Å². The first-order chi connectivity index (χ1) is 23.3. The fourth-order valence-electron chi connectivity index (χ4n) is 6.96. The largest absolute Gasteiger partial charge is 0.309 e. The zero-order valence-electron chi connectivity index (χ0n) is 25.2. The van der Waals surface area contributed by atoms with Gasteiger partial charge in [-0.15, -0.1) is 22.7 Å². The molecule has 0 bridgehead atoms. The average Bonchev–Trinajstić information content (AvgIpc) is 3.82. The summed E-state index contributed by atoms with van der Waals surface area (Å²) in [6, 6.07) is 57.3. The number of fused-ring (bicyclic) bond motifs is 7. The Balaban J connectivity index is 1.20. The minimum absolute atomic E-state index is 1.03. The molecule has 0 unspecified atom stereocenters. The van der Waals surface area contributed by atoms with Crippen molar-refractivity contribution in [3.63, 3.8) is 0 Å². The summed E-state index contributed by atoms with van der Waals surface area (Å²) in [5, 5.41) is 6.18. The number of aromatic nitrogens is 2. The Morgan fingerprint density at radius 3 is 1.91 bits per heavy atom. The molecule has 0 fully saturated rings. The smallest absolute Gasteiger partial charge is 0.124 e. The van der Waals surface area contributed by atoms with Gasteiger partial charge < -0.3 is 4.57 Å². The maximum Gasteiger partial charge on any atom is 0.124 e. The third kappa shape index (κ3) is 4.34. The second kappa shape index (κ2) is 10.5. The van der Waals surface area contributed by atoms with Crippen LogP contribution in [0.5, 0.6) is 0 Å². The highest BCUT2D eigenvalue weighted by Gasteiger charge is 2.17. The monoisotopic (exact) mass is 634 g/mol. The number of rotatable bonds is 4. The van der Waals surface area contributed by atoms with Crippen molar-refractivity contribution < 1.29 is 0 Å². The third-order valence-corrected chi connectivity index (χ3v) is 11.4. The Morgan fingerprint density at radius 2 is 1.04 bits per heavy atom. The lowest BCUT2D eigenvalue weighted by atomic mass is 10.0. The molecular weight excluding hydrogens is 609 g/mol. The molecule has 7 aromatic carbocycles. The van der Waals surface area contributed by atoms with Crippen LogP contribution in [-0.2, 0) is 0 Å². The second-order valence-corrected chi connectivity index (χ2v) is 14.1. The molecule has 220 valence electrons. The molecular formula is C43H26N2S2. The molecule has 3 aromatic heterocycles. The number of hydrogen-bond donors (Lipinski definition) is 0. The van der Waals surface area contributed by atoms with E-state index in [0.29, 0.717) is 0 Å². The SMILES string of the molecule is c1ccc(-c2ccc3c(c2)c2cc4sc(-c5ccccc5)nc4cc2n3-c2cccc(-c3ccc4sc5ccccc5c4c3)c2)cc1. The molecule has 0 spiro atoms. The Kier molecular flexibility index (Phi) is 5.95. The lowest BCUT2D eigenvalue weighted by molar-refractivity contribution is 1.18. The van der Waals surface area contributed by atoms with Crippen molar-refractivity contribution in [2.45, 2.75) is 0 Å². The summed E-state index contributed by atoms with van der Waals surface area (Å²) in [7, 11) is 0. The molecule has 3 heterocycles. The zero-order valence-corrected chi connectivity index (χ0v) is 26.9. The van der Waals surface area contributed by atoms with Crippen molar-refractivity contribution in [3.8, 4) is 38.5 Å². The summed E-state index contributed by atoms with van der Waals surface area (Å²) in [6.07, 6.45) is 0. The normalized spacial score (nSPS) is 11.8. The number of thiazole rings is 1. The Labute approximate surface area is 279 Å². The zero-order chi connectivity index (χ0) is 30.9. The van der Waals surface area contributed by atoms with Crippen LogP contribution in [0, 0.1) is 0 Å². The minimum atomic E-state index is 1.03. The fourth-order valence-corrected chi connectivity index (χ4v) is 9.04. The molecule has 0 saturated carbocycles. The maximum atomic E-state index is 5.12. The van der Waals surface area contributed by atoms with Crippen LogP contribution in [-0.4, -0.2) is 9.55 Å². The van der Waals surface area contributed by atoms with Gasteiger partial charge in [0.1, 0.15) is 5.01 Å². The molecule has 10 aromatic rings. The number of benzene rings is 7. The standard InChI is InChI=1S/C43H26N2S2/c1-3-10-27(11-4-1)30-18-20-38-34(23-30)35-25-42-37(44-43(47-42)28-12-5-2-6-13-28)26-39(35)45(38)32-15-9-14-29(22-32)31-19-21-41-36(24-31)33-16-7-8-17-40(33)46-41/h1-26H. The maximum absolute atomic E-state index is 5.12. The highest BCUT2D eigenvalue weighted by molar-refractivity contribution is 7.25. The van der Waals surface area contributed by atoms with Crippen LogP contribution < -0.4 is 0 Å². The number of hydrogen-bond acceptors (Lipinski definition) is 3. The van der Waals surface area contributed by atoms with Gasteiger partial charge in [0, 0.05) is 42.2 Å². The van der Waals surface area contributed by atoms with Gasteiger partial charge in [-0.25, -0.2) is 4.98 Å². The quantitative estimate of drug-likeness (QED) is 0.188. The predicted molar refractivity (Wildman–Crippen MR) is 203 cm³/mol. The molecule has 2 nitrogen and oxygen atoms in total. The summed E-state index contributed by atoms with van der Waals surface area (Å²) in [6.45, 7) is 0. The van der Waals surface area contributed by atoms with Crippen LogP contribution in [0.1, 0.15) is 0 Å². The molecule has 4 heteroatoms. The molecule has 0 aliphatic carbocycles. The highest BCUT2D eigenvalue weighted by atomic mass is 32.1. The van der Waals surface area contributed by atoms with Gasteiger partial charge in [0.2, 0.25) is 0 Å². The summed E-state index contributed by atoms with van der Waals surface area (Å²) < 4.78 is 6.27. The molecule has 0 atom stereocenters. The first-order valence-corrected chi connectivity index (χ1v) is 17.4. The molecule has 10 rings (SSSR count). The van der Waals surface area contributed by atoms with Crippen molar-refractivity contribution in [2.24, 2.45) is 0 Å². The molecule has 0 saturated heterocycles. The van der Waals surface area contributed by atoms with E-state index in [4.69, 9.17) is 4.98 Å². The molecule has 47 heavy (non-hydrogen) atoms. The summed E-state index contributed by atoms with van der Waals surface area (Å²) >= 11 is 3.62. The fraction of sp³-hybridized carbons (Fsp3) is 0. The lowest BCUT2D eigenvalue weighted by Crippen LogP contribution is -1.94. The highest BCUT2D eigenvalue weighted by Crippen LogP contribution is 2.41. The van der Waals surface area contributed by atoms with Crippen molar-refractivity contribution in [3.05, 3.63) is 158 Å². The van der Waals surface area contributed by atoms with Gasteiger partial charge in [-0.05, 0) is 76.9 Å². The molecule has 0 amide bonds. The van der Waals surface area contributed by atoms with Gasteiger partial charge in [-0.1, -0.05) is 103 Å². The molecule has 0 N–H and O–H groups in total. The van der Waals surface area contributed by atoms with Gasteiger partial charge in [-0.3, -0.25) is 0 Å². The first kappa shape index (κ1) is 26.6. The van der Waals surface area contributed by atoms with Crippen molar-refractivity contribution in [1.82, 2.24) is 9.55 Å². The molecule has 0 radical (unpaired) electrons. The van der Waals surface area contributed by atoms with E-state index in [1.165, 1.54) is 68.9 Å². The van der Waals surface area contributed by atoms with Gasteiger partial charge in [-0.2, -0.15) is 0 Å². The van der Waals surface area contributed by atoms with Gasteiger partial charge in [0.15, 0.2) is 0 Å². The summed E-state index contributed by atoms with van der Waals surface area (Å²) in [4.78, 5) is 5.12. The molecule has 0 aliphatic rings. The Morgan fingerprint density at radius 1 is 0.383 bits per heavy atom. The van der Waals surface area contributed by atoms with Crippen LogP contribution in [0.4, 0.5) is 0 Å². The average molecular weight is 635 g/mol. The van der Waals surface area contributed by atoms with Gasteiger partial charge >= 0.3 is 0 Å². The van der Waals surface area contributed by atoms with E-state index in [1.807, 2.05) is 11.3 Å². The van der Waals surface area contributed by atoms with Gasteiger partial charge in [0.05, 0.1) is 21.3 Å². The number of nitrogens with zero attached hydrogens (tertiary/aromatic N) is 2. The van der Waals surface area contributed by atoms with E-state index in [1.54, 1.807) is 11.3 Å². The Hall–Kier alpha value is -5.55. The van der Waals surface area contributed by atoms with Gasteiger partial charge in [0.25, 0.3) is 0 Å².